The Hall–Kier alpha value is -2.38. The first-order valence-electron chi connectivity index (χ1n) is 15.4. The fourth-order valence-corrected chi connectivity index (χ4v) is 9.57. The zero-order valence-corrected chi connectivity index (χ0v) is 24.2. The third kappa shape index (κ3) is 4.87. The lowest BCUT2D eigenvalue weighted by Crippen LogP contribution is -2.54. The largest absolute Gasteiger partial charge is 0.497 e. The van der Waals surface area contributed by atoms with E-state index < -0.39 is 5.63 Å². The second-order valence-corrected chi connectivity index (χ2v) is 13.6. The van der Waals surface area contributed by atoms with E-state index in [0.717, 1.165) is 42.0 Å². The number of carbonyl (C=O) groups excluding carboxylic acids is 1. The summed E-state index contributed by atoms with van der Waals surface area (Å²) in [6, 6.07) is 6.93. The topological polar surface area (TPSA) is 98.0 Å². The van der Waals surface area contributed by atoms with Crippen molar-refractivity contribution < 1.29 is 23.8 Å². The van der Waals surface area contributed by atoms with Gasteiger partial charge in [0.2, 0.25) is 5.91 Å². The van der Waals surface area contributed by atoms with Crippen molar-refractivity contribution in [1.82, 2.24) is 5.32 Å². The predicted molar refractivity (Wildman–Crippen MR) is 153 cm³/mol. The van der Waals surface area contributed by atoms with Crippen molar-refractivity contribution in [3.63, 3.8) is 0 Å². The lowest BCUT2D eigenvalue weighted by Gasteiger charge is -2.60. The predicted octanol–water partition coefficient (Wildman–Crippen LogP) is 5.25. The number of carbonyl (C=O) groups is 1. The standard InChI is InChI=1S/C33H45NO6/c1-32-13-10-22(35)17-21(32)4-6-25-26-8-9-29(33(26,2)14-11-27(25)32)39-19-30(36)34-15-12-20-16-31(37)40-28-18-23(38-3)5-7-24(20)28/h5,7,16,18,21-22,25-27,29,35H,4,6,8-15,17,19H2,1-3H3,(H,34,36)/t21-,22+,25-,26-,27-,29-,32-,33-/m0/s1. The van der Waals surface area contributed by atoms with Crippen LogP contribution in [0.5, 0.6) is 5.75 Å². The fourth-order valence-electron chi connectivity index (χ4n) is 9.57. The second kappa shape index (κ2) is 10.8. The van der Waals surface area contributed by atoms with Crippen LogP contribution in [0.2, 0.25) is 0 Å². The molecule has 2 aromatic rings. The van der Waals surface area contributed by atoms with Gasteiger partial charge in [-0.25, -0.2) is 4.79 Å². The number of hydrogen-bond acceptors (Lipinski definition) is 6. The number of nitrogens with one attached hydrogen (secondary N) is 1. The van der Waals surface area contributed by atoms with Gasteiger partial charge in [-0.2, -0.15) is 0 Å². The van der Waals surface area contributed by atoms with Crippen LogP contribution >= 0.6 is 0 Å². The van der Waals surface area contributed by atoms with E-state index in [1.165, 1.54) is 44.6 Å². The Labute approximate surface area is 237 Å². The summed E-state index contributed by atoms with van der Waals surface area (Å²) < 4.78 is 16.9. The maximum Gasteiger partial charge on any atom is 0.336 e. The number of fused-ring (bicyclic) bond motifs is 6. The molecule has 1 heterocycles. The summed E-state index contributed by atoms with van der Waals surface area (Å²) in [5.41, 5.74) is 1.43. The van der Waals surface area contributed by atoms with Gasteiger partial charge >= 0.3 is 5.63 Å². The van der Waals surface area contributed by atoms with Gasteiger partial charge in [-0.15, -0.1) is 0 Å². The summed E-state index contributed by atoms with van der Waals surface area (Å²) in [4.78, 5) is 24.8. The number of aliphatic hydroxyl groups excluding tert-OH is 1. The summed E-state index contributed by atoms with van der Waals surface area (Å²) in [6.45, 7) is 5.45. The molecule has 0 aliphatic heterocycles. The number of hydrogen-bond donors (Lipinski definition) is 2. The SMILES string of the molecule is COc1ccc2c(CCNC(=O)CO[C@H]3CC[C@H]4[C@@H]5CC[C@H]6C[C@H](O)CC[C@]6(C)[C@H]5CC[C@]34C)cc(=O)oc2c1. The molecule has 7 nitrogen and oxygen atoms in total. The Morgan fingerprint density at radius 1 is 1.05 bits per heavy atom. The van der Waals surface area contributed by atoms with E-state index in [4.69, 9.17) is 13.9 Å². The van der Waals surface area contributed by atoms with Crippen molar-refractivity contribution in [3.8, 4) is 5.75 Å². The Kier molecular flexibility index (Phi) is 7.49. The first-order chi connectivity index (χ1) is 19.2. The molecule has 8 atom stereocenters. The van der Waals surface area contributed by atoms with Crippen LogP contribution in [0.25, 0.3) is 11.0 Å². The molecule has 40 heavy (non-hydrogen) atoms. The van der Waals surface area contributed by atoms with E-state index in [0.29, 0.717) is 41.5 Å². The first kappa shape index (κ1) is 27.8. The molecule has 0 bridgehead atoms. The molecule has 218 valence electrons. The molecule has 2 N–H and O–H groups in total. The molecule has 6 rings (SSSR count). The van der Waals surface area contributed by atoms with Gasteiger partial charge in [0, 0.05) is 24.1 Å². The van der Waals surface area contributed by atoms with Crippen molar-refractivity contribution in [2.75, 3.05) is 20.3 Å². The van der Waals surface area contributed by atoms with E-state index in [1.807, 2.05) is 12.1 Å². The lowest BCUT2D eigenvalue weighted by molar-refractivity contribution is -0.147. The zero-order chi connectivity index (χ0) is 28.1. The lowest BCUT2D eigenvalue weighted by atomic mass is 9.45. The fraction of sp³-hybridized carbons (Fsp3) is 0.697. The molecule has 1 amide bonds. The van der Waals surface area contributed by atoms with Crippen molar-refractivity contribution >= 4 is 16.9 Å². The van der Waals surface area contributed by atoms with E-state index in [2.05, 4.69) is 19.2 Å². The monoisotopic (exact) mass is 551 g/mol. The quantitative estimate of drug-likeness (QED) is 0.456. The van der Waals surface area contributed by atoms with Gasteiger partial charge in [0.05, 0.1) is 19.3 Å². The van der Waals surface area contributed by atoms with Crippen LogP contribution in [-0.2, 0) is 16.0 Å². The molecular weight excluding hydrogens is 506 g/mol. The number of rotatable bonds is 7. The normalized spacial score (nSPS) is 36.9. The molecule has 4 fully saturated rings. The smallest absolute Gasteiger partial charge is 0.336 e. The van der Waals surface area contributed by atoms with Crippen LogP contribution in [0.1, 0.15) is 77.2 Å². The molecule has 1 aromatic carbocycles. The molecule has 1 aromatic heterocycles. The Morgan fingerprint density at radius 2 is 1.85 bits per heavy atom. The maximum absolute atomic E-state index is 12.8. The van der Waals surface area contributed by atoms with Gasteiger partial charge in [0.1, 0.15) is 17.9 Å². The van der Waals surface area contributed by atoms with Gasteiger partial charge in [-0.3, -0.25) is 4.79 Å². The minimum Gasteiger partial charge on any atom is -0.497 e. The summed E-state index contributed by atoms with van der Waals surface area (Å²) in [6.07, 6.45) is 10.9. The third-order valence-corrected chi connectivity index (χ3v) is 11.7. The molecule has 0 radical (unpaired) electrons. The Balaban J connectivity index is 1.03. The molecule has 7 heteroatoms. The van der Waals surface area contributed by atoms with E-state index >= 15 is 0 Å². The van der Waals surface area contributed by atoms with E-state index in [9.17, 15) is 14.7 Å². The van der Waals surface area contributed by atoms with Crippen molar-refractivity contribution in [2.45, 2.75) is 90.3 Å². The van der Waals surface area contributed by atoms with E-state index in [1.54, 1.807) is 13.2 Å². The van der Waals surface area contributed by atoms with Crippen molar-refractivity contribution in [1.29, 1.82) is 0 Å². The zero-order valence-electron chi connectivity index (χ0n) is 24.2. The average Bonchev–Trinajstić information content (AvgIpc) is 3.28. The summed E-state index contributed by atoms with van der Waals surface area (Å²) in [5.74, 6) is 3.37. The van der Waals surface area contributed by atoms with Gasteiger partial charge in [0.25, 0.3) is 0 Å². The first-order valence-corrected chi connectivity index (χ1v) is 15.4. The van der Waals surface area contributed by atoms with Crippen LogP contribution in [0.3, 0.4) is 0 Å². The number of benzene rings is 1. The highest BCUT2D eigenvalue weighted by atomic mass is 16.5. The maximum atomic E-state index is 12.8. The number of methoxy groups -OCH3 is 1. The third-order valence-electron chi connectivity index (χ3n) is 11.7. The minimum absolute atomic E-state index is 0.0770. The summed E-state index contributed by atoms with van der Waals surface area (Å²) >= 11 is 0. The molecule has 4 saturated carbocycles. The van der Waals surface area contributed by atoms with E-state index in [-0.39, 0.29) is 30.1 Å². The highest BCUT2D eigenvalue weighted by Gasteiger charge is 2.60. The number of amides is 1. The Bertz CT molecular complexity index is 1310. The van der Waals surface area contributed by atoms with Gasteiger partial charge in [-0.05, 0) is 116 Å². The molecule has 4 aliphatic carbocycles. The Morgan fingerprint density at radius 3 is 2.67 bits per heavy atom. The van der Waals surface area contributed by atoms with Crippen LogP contribution in [0.15, 0.2) is 33.5 Å². The molecule has 4 aliphatic rings. The number of ether oxygens (including phenoxy) is 2. The highest BCUT2D eigenvalue weighted by molar-refractivity contribution is 5.82. The second-order valence-electron chi connectivity index (χ2n) is 13.6. The van der Waals surface area contributed by atoms with Crippen molar-refractivity contribution in [3.05, 3.63) is 40.2 Å². The highest BCUT2D eigenvalue weighted by Crippen LogP contribution is 2.66. The average molecular weight is 552 g/mol. The van der Waals surface area contributed by atoms with Gasteiger partial charge < -0.3 is 24.3 Å². The minimum atomic E-state index is -0.410. The van der Waals surface area contributed by atoms with Crippen LogP contribution in [0.4, 0.5) is 0 Å². The summed E-state index contributed by atoms with van der Waals surface area (Å²) in [5, 5.41) is 14.1. The van der Waals surface area contributed by atoms with Gasteiger partial charge in [-0.1, -0.05) is 13.8 Å². The molecule has 0 spiro atoms. The molecular formula is C33H45NO6. The molecule has 0 unspecified atom stereocenters. The number of aliphatic hydroxyl groups is 1. The van der Waals surface area contributed by atoms with Crippen LogP contribution in [-0.4, -0.2) is 43.5 Å². The van der Waals surface area contributed by atoms with Crippen LogP contribution < -0.4 is 15.7 Å². The van der Waals surface area contributed by atoms with Crippen LogP contribution in [0, 0.1) is 34.5 Å². The molecule has 0 saturated heterocycles. The summed E-state index contributed by atoms with van der Waals surface area (Å²) in [7, 11) is 1.58. The van der Waals surface area contributed by atoms with Gasteiger partial charge in [0.15, 0.2) is 0 Å². The van der Waals surface area contributed by atoms with Crippen molar-refractivity contribution in [2.24, 2.45) is 34.5 Å².